The number of nitrogens with zero attached hydrogens (tertiary/aromatic N) is 4. The van der Waals surface area contributed by atoms with Crippen molar-refractivity contribution < 1.29 is 23.9 Å². The average Bonchev–Trinajstić information content (AvgIpc) is 2.89. The van der Waals surface area contributed by atoms with Gasteiger partial charge in [0.25, 0.3) is 0 Å². The zero-order chi connectivity index (χ0) is 20.4. The van der Waals surface area contributed by atoms with Crippen LogP contribution in [-0.4, -0.2) is 68.6 Å². The summed E-state index contributed by atoms with van der Waals surface area (Å²) >= 11 is 0. The SMILES string of the molecule is CN(C)C(=O)OC(=O)c1ccc(N2CC(C)(C)C(OC(=O)N(C)C)=N2)cc1. The molecule has 0 radical (unpaired) electrons. The summed E-state index contributed by atoms with van der Waals surface area (Å²) in [5, 5.41) is 6.08. The number of amides is 2. The second kappa shape index (κ2) is 7.65. The summed E-state index contributed by atoms with van der Waals surface area (Å²) in [4.78, 5) is 37.7. The molecular weight excluding hydrogens is 352 g/mol. The van der Waals surface area contributed by atoms with Crippen molar-refractivity contribution in [1.82, 2.24) is 9.80 Å². The number of hydrogen-bond acceptors (Lipinski definition) is 7. The van der Waals surface area contributed by atoms with E-state index in [0.29, 0.717) is 12.4 Å². The minimum atomic E-state index is -0.734. The summed E-state index contributed by atoms with van der Waals surface area (Å²) in [6.07, 6.45) is -1.23. The van der Waals surface area contributed by atoms with Crippen LogP contribution in [0, 0.1) is 5.41 Å². The molecule has 0 N–H and O–H groups in total. The molecule has 0 saturated carbocycles. The molecule has 1 aliphatic rings. The van der Waals surface area contributed by atoms with Crippen LogP contribution in [0.4, 0.5) is 15.3 Å². The number of rotatable bonds is 2. The van der Waals surface area contributed by atoms with Crippen LogP contribution in [0.2, 0.25) is 0 Å². The molecule has 146 valence electrons. The number of anilines is 1. The van der Waals surface area contributed by atoms with Crippen molar-refractivity contribution in [3.63, 3.8) is 0 Å². The third-order valence-electron chi connectivity index (χ3n) is 3.83. The van der Waals surface area contributed by atoms with Crippen molar-refractivity contribution in [2.75, 3.05) is 39.7 Å². The van der Waals surface area contributed by atoms with E-state index in [-0.39, 0.29) is 5.56 Å². The van der Waals surface area contributed by atoms with Crippen molar-refractivity contribution >= 4 is 29.7 Å². The van der Waals surface area contributed by atoms with E-state index < -0.39 is 23.6 Å². The zero-order valence-electron chi connectivity index (χ0n) is 16.3. The Labute approximate surface area is 158 Å². The Morgan fingerprint density at radius 2 is 1.56 bits per heavy atom. The van der Waals surface area contributed by atoms with Gasteiger partial charge in [-0.25, -0.2) is 14.4 Å². The number of carbonyl (C=O) groups excluding carboxylic acids is 3. The lowest BCUT2D eigenvalue weighted by Gasteiger charge is -2.21. The van der Waals surface area contributed by atoms with Crippen LogP contribution < -0.4 is 5.01 Å². The first-order valence-electron chi connectivity index (χ1n) is 8.30. The fraction of sp³-hybridized carbons (Fsp3) is 0.444. The monoisotopic (exact) mass is 376 g/mol. The first-order valence-corrected chi connectivity index (χ1v) is 8.30. The van der Waals surface area contributed by atoms with Gasteiger partial charge in [-0.1, -0.05) is 0 Å². The summed E-state index contributed by atoms with van der Waals surface area (Å²) in [6.45, 7) is 4.35. The zero-order valence-corrected chi connectivity index (χ0v) is 16.3. The second-order valence-corrected chi connectivity index (χ2v) is 7.21. The van der Waals surface area contributed by atoms with Crippen molar-refractivity contribution in [2.24, 2.45) is 10.5 Å². The van der Waals surface area contributed by atoms with Gasteiger partial charge in [0.2, 0.25) is 5.90 Å². The number of carbonyl (C=O) groups is 3. The maximum Gasteiger partial charge on any atom is 0.417 e. The van der Waals surface area contributed by atoms with Gasteiger partial charge in [-0.05, 0) is 38.1 Å². The van der Waals surface area contributed by atoms with Gasteiger partial charge < -0.3 is 19.3 Å². The Hall–Kier alpha value is -3.10. The molecule has 27 heavy (non-hydrogen) atoms. The van der Waals surface area contributed by atoms with E-state index in [0.717, 1.165) is 5.69 Å². The normalized spacial score (nSPS) is 15.0. The fourth-order valence-corrected chi connectivity index (χ4v) is 2.20. The third kappa shape index (κ3) is 4.75. The molecule has 0 aromatic heterocycles. The summed E-state index contributed by atoms with van der Waals surface area (Å²) in [7, 11) is 6.18. The van der Waals surface area contributed by atoms with E-state index in [2.05, 4.69) is 5.10 Å². The molecule has 0 spiro atoms. The van der Waals surface area contributed by atoms with Crippen LogP contribution in [0.3, 0.4) is 0 Å². The highest BCUT2D eigenvalue weighted by Crippen LogP contribution is 2.31. The second-order valence-electron chi connectivity index (χ2n) is 7.21. The van der Waals surface area contributed by atoms with E-state index in [4.69, 9.17) is 9.47 Å². The number of hydrazone groups is 1. The predicted molar refractivity (Wildman–Crippen MR) is 99.7 cm³/mol. The van der Waals surface area contributed by atoms with E-state index in [1.54, 1.807) is 43.4 Å². The quantitative estimate of drug-likeness (QED) is 0.581. The molecule has 9 nitrogen and oxygen atoms in total. The summed E-state index contributed by atoms with van der Waals surface area (Å²) in [5.41, 5.74) is 0.506. The highest BCUT2D eigenvalue weighted by Gasteiger charge is 2.38. The molecule has 0 saturated heterocycles. The van der Waals surface area contributed by atoms with Crippen molar-refractivity contribution in [2.45, 2.75) is 13.8 Å². The van der Waals surface area contributed by atoms with Gasteiger partial charge in [-0.15, -0.1) is 5.10 Å². The van der Waals surface area contributed by atoms with Crippen molar-refractivity contribution in [3.05, 3.63) is 29.8 Å². The minimum absolute atomic E-state index is 0.246. The van der Waals surface area contributed by atoms with Crippen LogP contribution >= 0.6 is 0 Å². The lowest BCUT2D eigenvalue weighted by molar-refractivity contribution is 0.0573. The standard InChI is InChI=1S/C18H24N4O5/c1-18(2)11-22(19-15(18)27-17(25)21(5)6)13-9-7-12(8-10-13)14(23)26-16(24)20(3)4/h7-10H,11H2,1-6H3. The number of benzene rings is 1. The first kappa shape index (κ1) is 20.2. The topological polar surface area (TPSA) is 91.8 Å². The lowest BCUT2D eigenvalue weighted by Crippen LogP contribution is -2.33. The van der Waals surface area contributed by atoms with Gasteiger partial charge in [0.1, 0.15) is 0 Å². The van der Waals surface area contributed by atoms with Crippen LogP contribution in [0.5, 0.6) is 0 Å². The Morgan fingerprint density at radius 3 is 2.07 bits per heavy atom. The van der Waals surface area contributed by atoms with Crippen LogP contribution in [0.15, 0.2) is 29.4 Å². The average molecular weight is 376 g/mol. The smallest absolute Gasteiger partial charge is 0.393 e. The third-order valence-corrected chi connectivity index (χ3v) is 3.83. The molecule has 9 heteroatoms. The van der Waals surface area contributed by atoms with E-state index >= 15 is 0 Å². The predicted octanol–water partition coefficient (Wildman–Crippen LogP) is 2.38. The molecule has 1 aliphatic heterocycles. The number of esters is 1. The Bertz CT molecular complexity index is 768. The lowest BCUT2D eigenvalue weighted by atomic mass is 9.94. The molecule has 0 aliphatic carbocycles. The van der Waals surface area contributed by atoms with Gasteiger partial charge in [0, 0.05) is 28.2 Å². The highest BCUT2D eigenvalue weighted by molar-refractivity contribution is 5.97. The molecule has 1 aromatic carbocycles. The van der Waals surface area contributed by atoms with Crippen LogP contribution in [0.25, 0.3) is 0 Å². The Kier molecular flexibility index (Phi) is 5.72. The van der Waals surface area contributed by atoms with Gasteiger partial charge in [0.15, 0.2) is 0 Å². The van der Waals surface area contributed by atoms with Gasteiger partial charge in [-0.3, -0.25) is 5.01 Å². The molecule has 0 fully saturated rings. The summed E-state index contributed by atoms with van der Waals surface area (Å²) < 4.78 is 10.1. The molecule has 2 rings (SSSR count). The van der Waals surface area contributed by atoms with E-state index in [1.165, 1.54) is 23.9 Å². The summed E-state index contributed by atoms with van der Waals surface area (Å²) in [5.74, 6) is -0.410. The van der Waals surface area contributed by atoms with Gasteiger partial charge in [-0.2, -0.15) is 0 Å². The van der Waals surface area contributed by atoms with Crippen molar-refractivity contribution in [1.29, 1.82) is 0 Å². The highest BCUT2D eigenvalue weighted by atomic mass is 16.6. The molecule has 0 unspecified atom stereocenters. The molecule has 2 amide bonds. The van der Waals surface area contributed by atoms with Crippen molar-refractivity contribution in [3.8, 4) is 0 Å². The van der Waals surface area contributed by atoms with Gasteiger partial charge in [0.05, 0.1) is 23.2 Å². The Morgan fingerprint density at radius 1 is 1.00 bits per heavy atom. The van der Waals surface area contributed by atoms with Crippen LogP contribution in [-0.2, 0) is 9.47 Å². The maximum absolute atomic E-state index is 12.0. The molecule has 0 atom stereocenters. The maximum atomic E-state index is 12.0. The van der Waals surface area contributed by atoms with Gasteiger partial charge >= 0.3 is 18.2 Å². The summed E-state index contributed by atoms with van der Waals surface area (Å²) in [6, 6.07) is 6.47. The fourth-order valence-electron chi connectivity index (χ4n) is 2.20. The molecular formula is C18H24N4O5. The van der Waals surface area contributed by atoms with Crippen LogP contribution in [0.1, 0.15) is 24.2 Å². The molecule has 0 bridgehead atoms. The van der Waals surface area contributed by atoms with E-state index in [9.17, 15) is 14.4 Å². The number of hydrogen-bond donors (Lipinski definition) is 0. The molecule has 1 aromatic rings. The first-order chi connectivity index (χ1) is 12.5. The Balaban J connectivity index is 2.13. The largest absolute Gasteiger partial charge is 0.417 e. The number of ether oxygens (including phenoxy) is 2. The molecule has 1 heterocycles. The van der Waals surface area contributed by atoms with E-state index in [1.807, 2.05) is 13.8 Å². The minimum Gasteiger partial charge on any atom is -0.393 e.